The summed E-state index contributed by atoms with van der Waals surface area (Å²) in [6.45, 7) is 1.54. The number of benzene rings is 2. The monoisotopic (exact) mass is 420 g/mol. The van der Waals surface area contributed by atoms with Crippen LogP contribution in [0.1, 0.15) is 17.3 Å². The molecule has 0 saturated carbocycles. The van der Waals surface area contributed by atoms with Gasteiger partial charge >= 0.3 is 0 Å². The third-order valence-corrected chi connectivity index (χ3v) is 7.23. The molecular formula is C19H20N2O5S2. The summed E-state index contributed by atoms with van der Waals surface area (Å²) in [5.41, 5.74) is 0.889. The van der Waals surface area contributed by atoms with Crippen molar-refractivity contribution in [3.05, 3.63) is 46.8 Å². The van der Waals surface area contributed by atoms with E-state index in [2.05, 4.69) is 4.99 Å². The topological polar surface area (TPSA) is 87.0 Å². The van der Waals surface area contributed by atoms with Crippen molar-refractivity contribution in [3.8, 4) is 11.5 Å². The first-order valence-electron chi connectivity index (χ1n) is 8.44. The van der Waals surface area contributed by atoms with Gasteiger partial charge in [-0.15, -0.1) is 0 Å². The third kappa shape index (κ3) is 3.55. The molecule has 0 spiro atoms. The Bertz CT molecular complexity index is 1220. The number of fused-ring (bicyclic) bond motifs is 1. The van der Waals surface area contributed by atoms with Crippen LogP contribution in [0.3, 0.4) is 0 Å². The van der Waals surface area contributed by atoms with Gasteiger partial charge in [-0.25, -0.2) is 8.42 Å². The molecule has 0 N–H and O–H groups in total. The third-order valence-electron chi connectivity index (χ3n) is 4.34. The van der Waals surface area contributed by atoms with Crippen LogP contribution in [-0.4, -0.2) is 38.9 Å². The lowest BCUT2D eigenvalue weighted by molar-refractivity contribution is 0.0995. The summed E-state index contributed by atoms with van der Waals surface area (Å²) in [4.78, 5) is 17.4. The molecule has 1 aromatic heterocycles. The second-order valence-corrected chi connectivity index (χ2v) is 9.19. The first-order valence-corrected chi connectivity index (χ1v) is 10.9. The van der Waals surface area contributed by atoms with Crippen LogP contribution in [0.15, 0.2) is 46.3 Å². The largest absolute Gasteiger partial charge is 0.493 e. The molecule has 148 valence electrons. The number of hydrogen-bond acceptors (Lipinski definition) is 6. The number of sulfone groups is 1. The summed E-state index contributed by atoms with van der Waals surface area (Å²) >= 11 is 1.31. The molecule has 3 rings (SSSR count). The molecule has 0 atom stereocenters. The Balaban J connectivity index is 2.16. The molecule has 0 bridgehead atoms. The number of aryl methyl sites for hydroxylation is 1. The van der Waals surface area contributed by atoms with Gasteiger partial charge in [0.1, 0.15) is 0 Å². The summed E-state index contributed by atoms with van der Waals surface area (Å²) in [6, 6.07) is 9.76. The molecule has 3 aromatic rings. The van der Waals surface area contributed by atoms with Crippen molar-refractivity contribution >= 4 is 37.3 Å². The highest BCUT2D eigenvalue weighted by Crippen LogP contribution is 2.33. The fourth-order valence-corrected chi connectivity index (χ4v) is 4.89. The van der Waals surface area contributed by atoms with Crippen LogP contribution < -0.4 is 14.3 Å². The quantitative estimate of drug-likeness (QED) is 0.633. The summed E-state index contributed by atoms with van der Waals surface area (Å²) < 4.78 is 37.9. The van der Waals surface area contributed by atoms with Gasteiger partial charge in [0, 0.05) is 19.2 Å². The Morgan fingerprint density at radius 3 is 2.43 bits per heavy atom. The van der Waals surface area contributed by atoms with E-state index < -0.39 is 15.7 Å². The molecule has 2 aromatic carbocycles. The average molecular weight is 421 g/mol. The number of rotatable bonds is 5. The van der Waals surface area contributed by atoms with Crippen molar-refractivity contribution in [2.75, 3.05) is 20.0 Å². The highest BCUT2D eigenvalue weighted by atomic mass is 32.2. The predicted molar refractivity (Wildman–Crippen MR) is 108 cm³/mol. The Hall–Kier alpha value is -2.65. The second kappa shape index (κ2) is 7.76. The number of methoxy groups -OCH3 is 2. The van der Waals surface area contributed by atoms with Gasteiger partial charge < -0.3 is 14.0 Å². The lowest BCUT2D eigenvalue weighted by Gasteiger charge is -2.07. The maximum atomic E-state index is 12.8. The molecule has 0 aliphatic carbocycles. The van der Waals surface area contributed by atoms with Crippen LogP contribution >= 0.6 is 11.3 Å². The number of ether oxygens (including phenoxy) is 2. The van der Waals surface area contributed by atoms with E-state index in [0.717, 1.165) is 10.2 Å². The average Bonchev–Trinajstić information content (AvgIpc) is 3.01. The Kier molecular flexibility index (Phi) is 5.57. The van der Waals surface area contributed by atoms with Gasteiger partial charge in [-0.05, 0) is 12.1 Å². The minimum Gasteiger partial charge on any atom is -0.493 e. The molecular weight excluding hydrogens is 400 g/mol. The van der Waals surface area contributed by atoms with Gasteiger partial charge in [0.2, 0.25) is 0 Å². The Labute approximate surface area is 166 Å². The van der Waals surface area contributed by atoms with Crippen molar-refractivity contribution in [1.29, 1.82) is 0 Å². The minimum atomic E-state index is -3.54. The number of hydrogen-bond donors (Lipinski definition) is 0. The Morgan fingerprint density at radius 1 is 1.14 bits per heavy atom. The molecule has 0 saturated heterocycles. The molecule has 0 aliphatic rings. The lowest BCUT2D eigenvalue weighted by atomic mass is 10.2. The summed E-state index contributed by atoms with van der Waals surface area (Å²) in [5.74, 6) is 0.455. The summed E-state index contributed by atoms with van der Waals surface area (Å²) in [5, 5.41) is 0. The van der Waals surface area contributed by atoms with E-state index in [9.17, 15) is 13.2 Å². The molecule has 9 heteroatoms. The first kappa shape index (κ1) is 20.1. The number of aromatic nitrogens is 1. The Morgan fingerprint density at radius 2 is 1.79 bits per heavy atom. The van der Waals surface area contributed by atoms with E-state index in [0.29, 0.717) is 16.3 Å². The smallest absolute Gasteiger partial charge is 0.280 e. The maximum Gasteiger partial charge on any atom is 0.280 e. The van der Waals surface area contributed by atoms with Gasteiger partial charge in [-0.2, -0.15) is 4.99 Å². The van der Waals surface area contributed by atoms with E-state index >= 15 is 0 Å². The van der Waals surface area contributed by atoms with Crippen LogP contribution in [0.2, 0.25) is 0 Å². The zero-order valence-corrected chi connectivity index (χ0v) is 17.6. The molecule has 0 unspecified atom stereocenters. The molecule has 1 amide bonds. The molecule has 1 heterocycles. The van der Waals surface area contributed by atoms with Crippen molar-refractivity contribution in [3.63, 3.8) is 0 Å². The van der Waals surface area contributed by atoms with Crippen molar-refractivity contribution in [1.82, 2.24) is 4.57 Å². The normalized spacial score (nSPS) is 12.4. The van der Waals surface area contributed by atoms with Gasteiger partial charge in [0.25, 0.3) is 5.91 Å². The minimum absolute atomic E-state index is 0.00153. The van der Waals surface area contributed by atoms with Crippen LogP contribution in [-0.2, 0) is 16.9 Å². The van der Waals surface area contributed by atoms with Gasteiger partial charge in [0.15, 0.2) is 26.1 Å². The van der Waals surface area contributed by atoms with Crippen LogP contribution in [0, 0.1) is 0 Å². The maximum absolute atomic E-state index is 12.8. The number of amides is 1. The van der Waals surface area contributed by atoms with Crippen molar-refractivity contribution < 1.29 is 22.7 Å². The highest BCUT2D eigenvalue weighted by molar-refractivity contribution is 7.91. The number of carbonyl (C=O) groups is 1. The van der Waals surface area contributed by atoms with Gasteiger partial charge in [0.05, 0.1) is 40.6 Å². The predicted octanol–water partition coefficient (Wildman–Crippen LogP) is 2.79. The SMILES string of the molecule is CCS(=O)(=O)c1ccccc1C(=O)N=c1sc2cc(OC)c(OC)cc2n1C. The number of carbonyl (C=O) groups excluding carboxylic acids is 1. The lowest BCUT2D eigenvalue weighted by Crippen LogP contribution is -2.15. The summed E-state index contributed by atoms with van der Waals surface area (Å²) in [7, 11) is 1.35. The van der Waals surface area contributed by atoms with E-state index in [1.807, 2.05) is 12.1 Å². The van der Waals surface area contributed by atoms with Gasteiger partial charge in [-0.1, -0.05) is 30.4 Å². The van der Waals surface area contributed by atoms with E-state index in [1.54, 1.807) is 44.9 Å². The molecule has 0 aliphatic heterocycles. The second-order valence-electron chi connectivity index (χ2n) is 5.94. The van der Waals surface area contributed by atoms with E-state index in [-0.39, 0.29) is 16.2 Å². The van der Waals surface area contributed by atoms with Crippen LogP contribution in [0.5, 0.6) is 11.5 Å². The summed E-state index contributed by atoms with van der Waals surface area (Å²) in [6.07, 6.45) is 0. The number of thiazole rings is 1. The van der Waals surface area contributed by atoms with Crippen molar-refractivity contribution in [2.24, 2.45) is 12.0 Å². The zero-order chi connectivity index (χ0) is 20.5. The highest BCUT2D eigenvalue weighted by Gasteiger charge is 2.20. The zero-order valence-electron chi connectivity index (χ0n) is 15.9. The van der Waals surface area contributed by atoms with Gasteiger partial charge in [-0.3, -0.25) is 4.79 Å². The van der Waals surface area contributed by atoms with E-state index in [4.69, 9.17) is 9.47 Å². The fourth-order valence-electron chi connectivity index (χ4n) is 2.78. The van der Waals surface area contributed by atoms with Crippen LogP contribution in [0.4, 0.5) is 0 Å². The standard InChI is InChI=1S/C19H20N2O5S2/c1-5-28(23,24)17-9-7-6-8-12(17)18(22)20-19-21(2)13-10-14(25-3)15(26-4)11-16(13)27-19/h6-11H,5H2,1-4H3. The van der Waals surface area contributed by atoms with Crippen molar-refractivity contribution in [2.45, 2.75) is 11.8 Å². The first-order chi connectivity index (χ1) is 13.3. The molecule has 28 heavy (non-hydrogen) atoms. The van der Waals surface area contributed by atoms with Crippen LogP contribution in [0.25, 0.3) is 10.2 Å². The molecule has 0 radical (unpaired) electrons. The van der Waals surface area contributed by atoms with E-state index in [1.165, 1.54) is 23.5 Å². The number of nitrogens with zero attached hydrogens (tertiary/aromatic N) is 2. The molecule has 7 nitrogen and oxygen atoms in total. The molecule has 0 fully saturated rings. The fraction of sp³-hybridized carbons (Fsp3) is 0.263.